The Hall–Kier alpha value is -0.920. The lowest BCUT2D eigenvalue weighted by Gasteiger charge is -2.16. The Morgan fingerprint density at radius 2 is 1.21 bits per heavy atom. The predicted octanol–water partition coefficient (Wildman–Crippen LogP) is 5.60. The third kappa shape index (κ3) is 3.83. The molecule has 0 saturated carbocycles. The van der Waals surface area contributed by atoms with Gasteiger partial charge in [0.2, 0.25) is 0 Å². The first kappa shape index (κ1) is 19.4. The average Bonchev–Trinajstić information content (AvgIpc) is 2.59. The van der Waals surface area contributed by atoms with Crippen LogP contribution in [0.2, 0.25) is 0 Å². The van der Waals surface area contributed by atoms with E-state index in [0.717, 1.165) is 24.5 Å². The first-order valence-corrected chi connectivity index (χ1v) is 9.33. The van der Waals surface area contributed by atoms with Crippen molar-refractivity contribution in [2.24, 2.45) is 0 Å². The fraction of sp³-hybridized carbons (Fsp3) is 0.294. The van der Waals surface area contributed by atoms with Gasteiger partial charge in [0.05, 0.1) is 32.9 Å². The Morgan fingerprint density at radius 1 is 0.667 bits per heavy atom. The second-order valence-electron chi connectivity index (χ2n) is 4.87. The molecular weight excluding hydrogens is 508 g/mol. The van der Waals surface area contributed by atoms with Crippen molar-refractivity contribution >= 4 is 47.8 Å². The van der Waals surface area contributed by atoms with Crippen molar-refractivity contribution in [3.63, 3.8) is 0 Å². The lowest BCUT2D eigenvalue weighted by atomic mass is 10.0. The minimum absolute atomic E-state index is 0.652. The lowest BCUT2D eigenvalue weighted by molar-refractivity contribution is 0.352. The van der Waals surface area contributed by atoms with Gasteiger partial charge in [-0.3, -0.25) is 0 Å². The van der Waals surface area contributed by atoms with Crippen LogP contribution in [0.15, 0.2) is 31.6 Å². The van der Waals surface area contributed by atoms with Gasteiger partial charge in [0.1, 0.15) is 0 Å². The summed E-state index contributed by atoms with van der Waals surface area (Å²) in [5, 5.41) is 0. The van der Waals surface area contributed by atoms with Gasteiger partial charge in [0.15, 0.2) is 23.0 Å². The van der Waals surface area contributed by atoms with E-state index >= 15 is 0 Å². The van der Waals surface area contributed by atoms with Crippen LogP contribution in [0.5, 0.6) is 23.0 Å². The smallest absolute Gasteiger partial charge is 0.176 e. The molecule has 4 nitrogen and oxygen atoms in total. The van der Waals surface area contributed by atoms with Gasteiger partial charge >= 0.3 is 0 Å². The number of benzene rings is 2. The molecule has 130 valence electrons. The Bertz CT molecular complexity index is 747. The van der Waals surface area contributed by atoms with E-state index in [1.807, 2.05) is 18.2 Å². The summed E-state index contributed by atoms with van der Waals surface area (Å²) in [7, 11) is 6.47. The molecule has 2 aromatic carbocycles. The minimum atomic E-state index is 0.652. The van der Waals surface area contributed by atoms with Crippen molar-refractivity contribution in [3.8, 4) is 23.0 Å². The van der Waals surface area contributed by atoms with E-state index in [1.165, 1.54) is 0 Å². The molecule has 2 rings (SSSR count). The monoisotopic (exact) mass is 522 g/mol. The van der Waals surface area contributed by atoms with Crippen LogP contribution in [0.4, 0.5) is 0 Å². The highest BCUT2D eigenvalue weighted by Gasteiger charge is 2.18. The molecule has 0 aromatic heterocycles. The van der Waals surface area contributed by atoms with Gasteiger partial charge in [-0.2, -0.15) is 0 Å². The molecule has 24 heavy (non-hydrogen) atoms. The first-order valence-electron chi connectivity index (χ1n) is 6.96. The maximum Gasteiger partial charge on any atom is 0.176 e. The molecule has 0 fully saturated rings. The van der Waals surface area contributed by atoms with E-state index < -0.39 is 0 Å². The summed E-state index contributed by atoms with van der Waals surface area (Å²) in [4.78, 5) is 0. The standard InChI is InChI=1S/C17H17Br3O4/c1-21-12-6-9(11(18)8-13(12)22-2)5-10-7-14(23-3)17(24-4)16(20)15(10)19/h6-8H,5H2,1-4H3. The third-order valence-electron chi connectivity index (χ3n) is 3.56. The SMILES string of the molecule is COc1cc(Br)c(Cc2cc(OC)c(OC)c(Br)c2Br)cc1OC. The minimum Gasteiger partial charge on any atom is -0.493 e. The zero-order valence-corrected chi connectivity index (χ0v) is 18.5. The fourth-order valence-corrected chi connectivity index (χ4v) is 3.85. The molecule has 0 N–H and O–H groups in total. The molecule has 0 aliphatic heterocycles. The van der Waals surface area contributed by atoms with Crippen molar-refractivity contribution < 1.29 is 18.9 Å². The number of methoxy groups -OCH3 is 4. The van der Waals surface area contributed by atoms with Gasteiger partial charge in [0, 0.05) is 8.95 Å². The van der Waals surface area contributed by atoms with Gasteiger partial charge in [0.25, 0.3) is 0 Å². The topological polar surface area (TPSA) is 36.9 Å². The Balaban J connectivity index is 2.50. The quantitative estimate of drug-likeness (QED) is 0.493. The molecule has 0 aliphatic rings. The maximum atomic E-state index is 5.43. The summed E-state index contributed by atoms with van der Waals surface area (Å²) in [6.45, 7) is 0. The van der Waals surface area contributed by atoms with E-state index in [4.69, 9.17) is 18.9 Å². The molecule has 7 heteroatoms. The van der Waals surface area contributed by atoms with Crippen LogP contribution in [0.1, 0.15) is 11.1 Å². The molecule has 0 atom stereocenters. The van der Waals surface area contributed by atoms with Crippen molar-refractivity contribution in [2.45, 2.75) is 6.42 Å². The van der Waals surface area contributed by atoms with Crippen molar-refractivity contribution in [1.29, 1.82) is 0 Å². The van der Waals surface area contributed by atoms with E-state index in [9.17, 15) is 0 Å². The van der Waals surface area contributed by atoms with Crippen molar-refractivity contribution in [1.82, 2.24) is 0 Å². The summed E-state index contributed by atoms with van der Waals surface area (Å²) in [6.07, 6.45) is 0.667. The van der Waals surface area contributed by atoms with Crippen molar-refractivity contribution in [2.75, 3.05) is 28.4 Å². The van der Waals surface area contributed by atoms with Crippen LogP contribution in [0.3, 0.4) is 0 Å². The van der Waals surface area contributed by atoms with Gasteiger partial charge < -0.3 is 18.9 Å². The van der Waals surface area contributed by atoms with E-state index in [-0.39, 0.29) is 0 Å². The Labute approximate surface area is 166 Å². The van der Waals surface area contributed by atoms with Crippen LogP contribution in [0.25, 0.3) is 0 Å². The fourth-order valence-electron chi connectivity index (χ4n) is 2.34. The summed E-state index contributed by atoms with van der Waals surface area (Å²) < 4.78 is 24.2. The zero-order chi connectivity index (χ0) is 17.9. The number of hydrogen-bond acceptors (Lipinski definition) is 4. The number of ether oxygens (including phenoxy) is 4. The van der Waals surface area contributed by atoms with E-state index in [1.54, 1.807) is 28.4 Å². The van der Waals surface area contributed by atoms with Crippen LogP contribution >= 0.6 is 47.8 Å². The van der Waals surface area contributed by atoms with Gasteiger partial charge in [-0.1, -0.05) is 15.9 Å². The number of rotatable bonds is 6. The molecule has 0 bridgehead atoms. The largest absolute Gasteiger partial charge is 0.493 e. The average molecular weight is 525 g/mol. The Kier molecular flexibility index (Phi) is 6.83. The molecular formula is C17H17Br3O4. The molecule has 0 spiro atoms. The molecule has 0 aliphatic carbocycles. The van der Waals surface area contributed by atoms with Gasteiger partial charge in [-0.25, -0.2) is 0 Å². The summed E-state index contributed by atoms with van der Waals surface area (Å²) >= 11 is 10.8. The van der Waals surface area contributed by atoms with E-state index in [0.29, 0.717) is 29.4 Å². The van der Waals surface area contributed by atoms with Gasteiger partial charge in [-0.15, -0.1) is 0 Å². The third-order valence-corrected chi connectivity index (χ3v) is 6.49. The highest BCUT2D eigenvalue weighted by atomic mass is 79.9. The summed E-state index contributed by atoms with van der Waals surface area (Å²) in [5.41, 5.74) is 2.11. The van der Waals surface area contributed by atoms with Crippen LogP contribution in [-0.4, -0.2) is 28.4 Å². The maximum absolute atomic E-state index is 5.43. The second kappa shape index (κ2) is 8.45. The van der Waals surface area contributed by atoms with Crippen LogP contribution < -0.4 is 18.9 Å². The predicted molar refractivity (Wildman–Crippen MR) is 105 cm³/mol. The van der Waals surface area contributed by atoms with Gasteiger partial charge in [-0.05, 0) is 67.6 Å². The number of hydrogen-bond donors (Lipinski definition) is 0. The van der Waals surface area contributed by atoms with Crippen molar-refractivity contribution in [3.05, 3.63) is 42.7 Å². The molecule has 0 heterocycles. The first-order chi connectivity index (χ1) is 11.5. The summed E-state index contributed by atoms with van der Waals surface area (Å²) in [5.74, 6) is 2.69. The van der Waals surface area contributed by atoms with E-state index in [2.05, 4.69) is 47.8 Å². The second-order valence-corrected chi connectivity index (χ2v) is 7.31. The molecule has 2 aromatic rings. The normalized spacial score (nSPS) is 10.5. The highest BCUT2D eigenvalue weighted by molar-refractivity contribution is 9.13. The summed E-state index contributed by atoms with van der Waals surface area (Å²) in [6, 6.07) is 5.81. The highest BCUT2D eigenvalue weighted by Crippen LogP contribution is 2.44. The zero-order valence-electron chi connectivity index (χ0n) is 13.7. The molecule has 0 amide bonds. The molecule has 0 radical (unpaired) electrons. The van der Waals surface area contributed by atoms with Crippen LogP contribution in [0, 0.1) is 0 Å². The van der Waals surface area contributed by atoms with Crippen LogP contribution in [-0.2, 0) is 6.42 Å². The lowest BCUT2D eigenvalue weighted by Crippen LogP contribution is -1.99. The molecule has 0 unspecified atom stereocenters. The number of halogens is 3. The Morgan fingerprint density at radius 3 is 1.75 bits per heavy atom. The molecule has 0 saturated heterocycles.